The van der Waals surface area contributed by atoms with Crippen molar-refractivity contribution in [2.45, 2.75) is 6.42 Å². The number of fused-ring (bicyclic) bond motifs is 2. The van der Waals surface area contributed by atoms with Gasteiger partial charge in [0.2, 0.25) is 15.9 Å². The molecule has 0 atom stereocenters. The number of hydrogen-bond donors (Lipinski definition) is 1. The van der Waals surface area contributed by atoms with E-state index in [-0.39, 0.29) is 0 Å². The molecular weight excluding hydrogens is 484 g/mol. The van der Waals surface area contributed by atoms with Crippen molar-refractivity contribution in [2.75, 3.05) is 52.7 Å². The SMILES string of the molecule is COc1cc2ncnc(Oc3cnc4[nH]ccc4c3)c2cc1OCCCN1CCN(S(C)(=O)=O)CC1. The molecule has 0 bridgehead atoms. The number of H-pyrrole nitrogens is 1. The van der Waals surface area contributed by atoms with Gasteiger partial charge < -0.3 is 24.1 Å². The number of nitrogens with one attached hydrogen (secondary N) is 1. The van der Waals surface area contributed by atoms with Crippen molar-refractivity contribution in [1.82, 2.24) is 29.1 Å². The second-order valence-corrected chi connectivity index (χ2v) is 10.6. The van der Waals surface area contributed by atoms with E-state index in [0.717, 1.165) is 24.0 Å². The van der Waals surface area contributed by atoms with E-state index in [4.69, 9.17) is 14.2 Å². The van der Waals surface area contributed by atoms with Gasteiger partial charge in [-0.05, 0) is 24.6 Å². The quantitative estimate of drug-likeness (QED) is 0.337. The molecule has 1 aliphatic heterocycles. The van der Waals surface area contributed by atoms with Crippen molar-refractivity contribution >= 4 is 32.0 Å². The van der Waals surface area contributed by atoms with Gasteiger partial charge in [0.25, 0.3) is 0 Å². The van der Waals surface area contributed by atoms with Crippen LogP contribution in [0.15, 0.2) is 43.0 Å². The van der Waals surface area contributed by atoms with Crippen LogP contribution >= 0.6 is 0 Å². The maximum Gasteiger partial charge on any atom is 0.230 e. The average Bonchev–Trinajstić information content (AvgIpc) is 3.34. The van der Waals surface area contributed by atoms with Gasteiger partial charge in [-0.25, -0.2) is 23.4 Å². The number of ether oxygens (including phenoxy) is 3. The highest BCUT2D eigenvalue weighted by Gasteiger charge is 2.23. The second-order valence-electron chi connectivity index (χ2n) is 8.59. The van der Waals surface area contributed by atoms with Gasteiger partial charge in [0.05, 0.1) is 37.1 Å². The standard InChI is InChI=1S/C24H28N6O5S/c1-33-21-14-20-19(24(28-16-27-20)35-18-12-17-4-5-25-23(17)26-15-18)13-22(21)34-11-3-6-29-7-9-30(10-8-29)36(2,31)32/h4-5,12-16H,3,6-11H2,1-2H3,(H,25,26). The number of aromatic amines is 1. The van der Waals surface area contributed by atoms with Crippen LogP contribution in [0.3, 0.4) is 0 Å². The molecule has 1 aliphatic rings. The molecule has 36 heavy (non-hydrogen) atoms. The topological polar surface area (TPSA) is 123 Å². The van der Waals surface area contributed by atoms with Crippen LogP contribution in [0.2, 0.25) is 0 Å². The van der Waals surface area contributed by atoms with E-state index < -0.39 is 10.0 Å². The summed E-state index contributed by atoms with van der Waals surface area (Å²) < 4.78 is 42.5. The highest BCUT2D eigenvalue weighted by Crippen LogP contribution is 2.36. The third-order valence-corrected chi connectivity index (χ3v) is 7.45. The molecule has 0 aliphatic carbocycles. The van der Waals surface area contributed by atoms with Gasteiger partial charge in [-0.1, -0.05) is 0 Å². The molecule has 190 valence electrons. The molecule has 0 amide bonds. The molecule has 4 aromatic rings. The molecule has 0 radical (unpaired) electrons. The van der Waals surface area contributed by atoms with Crippen LogP contribution in [0.25, 0.3) is 21.9 Å². The van der Waals surface area contributed by atoms with Crippen molar-refractivity contribution in [1.29, 1.82) is 0 Å². The predicted octanol–water partition coefficient (Wildman–Crippen LogP) is 2.65. The maximum absolute atomic E-state index is 11.7. The normalized spacial score (nSPS) is 15.4. The molecular formula is C24H28N6O5S. The van der Waals surface area contributed by atoms with Crippen LogP contribution in [0.4, 0.5) is 0 Å². The minimum Gasteiger partial charge on any atom is -0.493 e. The largest absolute Gasteiger partial charge is 0.493 e. The van der Waals surface area contributed by atoms with Gasteiger partial charge >= 0.3 is 0 Å². The van der Waals surface area contributed by atoms with Crippen molar-refractivity contribution in [3.8, 4) is 23.1 Å². The van der Waals surface area contributed by atoms with E-state index in [1.165, 1.54) is 16.9 Å². The Balaban J connectivity index is 1.25. The summed E-state index contributed by atoms with van der Waals surface area (Å²) in [5.41, 5.74) is 1.45. The molecule has 1 aromatic carbocycles. The Morgan fingerprint density at radius 3 is 2.67 bits per heavy atom. The summed E-state index contributed by atoms with van der Waals surface area (Å²) in [6.07, 6.45) is 6.96. The number of nitrogens with zero attached hydrogens (tertiary/aromatic N) is 5. The Morgan fingerprint density at radius 2 is 1.89 bits per heavy atom. The lowest BCUT2D eigenvalue weighted by atomic mass is 10.2. The Bertz CT molecular complexity index is 1470. The van der Waals surface area contributed by atoms with Gasteiger partial charge in [-0.2, -0.15) is 4.31 Å². The minimum absolute atomic E-state index is 0.396. The van der Waals surface area contributed by atoms with Crippen LogP contribution in [0, 0.1) is 0 Å². The van der Waals surface area contributed by atoms with Crippen molar-refractivity contribution in [2.24, 2.45) is 0 Å². The first kappa shape index (κ1) is 24.2. The Labute approximate surface area is 209 Å². The highest BCUT2D eigenvalue weighted by atomic mass is 32.2. The predicted molar refractivity (Wildman–Crippen MR) is 135 cm³/mol. The van der Waals surface area contributed by atoms with Crippen LogP contribution in [0.5, 0.6) is 23.1 Å². The van der Waals surface area contributed by atoms with Crippen LogP contribution in [-0.2, 0) is 10.0 Å². The fourth-order valence-electron chi connectivity index (χ4n) is 4.24. The zero-order valence-corrected chi connectivity index (χ0v) is 21.0. The molecule has 11 nitrogen and oxygen atoms in total. The van der Waals surface area contributed by atoms with Gasteiger partial charge in [-0.3, -0.25) is 0 Å². The summed E-state index contributed by atoms with van der Waals surface area (Å²) in [4.78, 5) is 18.4. The monoisotopic (exact) mass is 512 g/mol. The fourth-order valence-corrected chi connectivity index (χ4v) is 5.06. The molecule has 0 unspecified atom stereocenters. The summed E-state index contributed by atoms with van der Waals surface area (Å²) in [6, 6.07) is 7.45. The first-order valence-electron chi connectivity index (χ1n) is 11.6. The molecule has 1 N–H and O–H groups in total. The number of benzene rings is 1. The van der Waals surface area contributed by atoms with Crippen LogP contribution in [-0.4, -0.2) is 90.3 Å². The Morgan fingerprint density at radius 1 is 1.06 bits per heavy atom. The molecule has 1 fully saturated rings. The third-order valence-electron chi connectivity index (χ3n) is 6.15. The average molecular weight is 513 g/mol. The van der Waals surface area contributed by atoms with Crippen molar-refractivity contribution in [3.05, 3.63) is 43.0 Å². The summed E-state index contributed by atoms with van der Waals surface area (Å²) in [5, 5.41) is 1.63. The number of rotatable bonds is 9. The molecule has 4 heterocycles. The maximum atomic E-state index is 11.7. The van der Waals surface area contributed by atoms with Crippen molar-refractivity contribution < 1.29 is 22.6 Å². The number of piperazine rings is 1. The lowest BCUT2D eigenvalue weighted by molar-refractivity contribution is 0.174. The second kappa shape index (κ2) is 10.2. The molecule has 0 saturated carbocycles. The minimum atomic E-state index is -3.12. The van der Waals surface area contributed by atoms with Gasteiger partial charge in [0, 0.05) is 50.4 Å². The van der Waals surface area contributed by atoms with Gasteiger partial charge in [-0.15, -0.1) is 0 Å². The summed E-state index contributed by atoms with van der Waals surface area (Å²) >= 11 is 0. The molecule has 3 aromatic heterocycles. The lowest BCUT2D eigenvalue weighted by Gasteiger charge is -2.33. The highest BCUT2D eigenvalue weighted by molar-refractivity contribution is 7.88. The lowest BCUT2D eigenvalue weighted by Crippen LogP contribution is -2.48. The third kappa shape index (κ3) is 5.35. The van der Waals surface area contributed by atoms with Crippen LogP contribution in [0.1, 0.15) is 6.42 Å². The molecule has 1 saturated heterocycles. The van der Waals surface area contributed by atoms with E-state index in [2.05, 4.69) is 24.8 Å². The number of methoxy groups -OCH3 is 1. The van der Waals surface area contributed by atoms with Gasteiger partial charge in [0.1, 0.15) is 17.7 Å². The molecule has 12 heteroatoms. The number of sulfonamides is 1. The van der Waals surface area contributed by atoms with E-state index in [1.54, 1.807) is 19.4 Å². The van der Waals surface area contributed by atoms with Gasteiger partial charge in [0.15, 0.2) is 11.5 Å². The number of pyridine rings is 1. The summed E-state index contributed by atoms with van der Waals surface area (Å²) in [5.74, 6) is 2.11. The summed E-state index contributed by atoms with van der Waals surface area (Å²) in [6.45, 7) is 3.77. The van der Waals surface area contributed by atoms with E-state index in [0.29, 0.717) is 66.8 Å². The molecule has 5 rings (SSSR count). The zero-order chi connectivity index (χ0) is 25.1. The van der Waals surface area contributed by atoms with Crippen molar-refractivity contribution in [3.63, 3.8) is 0 Å². The zero-order valence-electron chi connectivity index (χ0n) is 20.2. The smallest absolute Gasteiger partial charge is 0.230 e. The van der Waals surface area contributed by atoms with E-state index in [1.807, 2.05) is 24.4 Å². The van der Waals surface area contributed by atoms with Crippen LogP contribution < -0.4 is 14.2 Å². The fraction of sp³-hybridized carbons (Fsp3) is 0.375. The first-order chi connectivity index (χ1) is 17.4. The Kier molecular flexibility index (Phi) is 6.90. The first-order valence-corrected chi connectivity index (χ1v) is 13.5. The Hall–Kier alpha value is -3.48. The van der Waals surface area contributed by atoms with E-state index in [9.17, 15) is 8.42 Å². The molecule has 0 spiro atoms. The number of aromatic nitrogens is 4. The summed E-state index contributed by atoms with van der Waals surface area (Å²) in [7, 11) is -1.54. The number of hydrogen-bond acceptors (Lipinski definition) is 9. The van der Waals surface area contributed by atoms with E-state index >= 15 is 0 Å².